The first-order valence-electron chi connectivity index (χ1n) is 8.45. The topological polar surface area (TPSA) is 89.0 Å². The minimum Gasteiger partial charge on any atom is -0.356 e. The number of hydrogen-bond donors (Lipinski definition) is 2. The van der Waals surface area contributed by atoms with Gasteiger partial charge in [0, 0.05) is 38.6 Å². The molecule has 1 aliphatic heterocycles. The van der Waals surface area contributed by atoms with Gasteiger partial charge in [-0.3, -0.25) is 4.79 Å². The summed E-state index contributed by atoms with van der Waals surface area (Å²) >= 11 is 0. The van der Waals surface area contributed by atoms with Crippen molar-refractivity contribution < 1.29 is 4.79 Å². The maximum absolute atomic E-state index is 12.0. The number of nitrogens with zero attached hydrogens (tertiary/aromatic N) is 4. The molecule has 24 heavy (non-hydrogen) atoms. The molecule has 7 heteroatoms. The molecule has 1 amide bonds. The summed E-state index contributed by atoms with van der Waals surface area (Å²) in [6, 6.07) is 2.47. The molecule has 0 bridgehead atoms. The van der Waals surface area contributed by atoms with Crippen molar-refractivity contribution >= 4 is 29.0 Å². The molecule has 2 aromatic heterocycles. The molecule has 7 nitrogen and oxygen atoms in total. The molecule has 0 unspecified atom stereocenters. The van der Waals surface area contributed by atoms with Crippen molar-refractivity contribution in [3.63, 3.8) is 0 Å². The van der Waals surface area contributed by atoms with Gasteiger partial charge < -0.3 is 20.2 Å². The van der Waals surface area contributed by atoms with Crippen LogP contribution in [0.2, 0.25) is 0 Å². The predicted molar refractivity (Wildman–Crippen MR) is 92.3 cm³/mol. The first-order valence-corrected chi connectivity index (χ1v) is 8.45. The van der Waals surface area contributed by atoms with Crippen LogP contribution in [0.3, 0.4) is 0 Å². The second-order valence-electron chi connectivity index (χ2n) is 6.90. The summed E-state index contributed by atoms with van der Waals surface area (Å²) < 4.78 is 0. The number of anilines is 1. The van der Waals surface area contributed by atoms with Gasteiger partial charge in [0.15, 0.2) is 0 Å². The fourth-order valence-corrected chi connectivity index (χ4v) is 4.32. The first-order chi connectivity index (χ1) is 11.7. The van der Waals surface area contributed by atoms with Crippen LogP contribution in [0, 0.1) is 17.2 Å². The first kappa shape index (κ1) is 15.1. The van der Waals surface area contributed by atoms with Crippen molar-refractivity contribution in [2.45, 2.75) is 25.3 Å². The summed E-state index contributed by atoms with van der Waals surface area (Å²) in [4.78, 5) is 28.1. The highest BCUT2D eigenvalue weighted by Gasteiger charge is 2.43. The lowest BCUT2D eigenvalue weighted by Crippen LogP contribution is -2.34. The Morgan fingerprint density at radius 2 is 2.17 bits per heavy atom. The molecule has 1 aliphatic carbocycles. The van der Waals surface area contributed by atoms with Crippen LogP contribution in [0.4, 0.5) is 5.82 Å². The minimum absolute atomic E-state index is 0.0918. The van der Waals surface area contributed by atoms with Crippen LogP contribution in [-0.4, -0.2) is 58.2 Å². The number of H-pyrrole nitrogens is 1. The van der Waals surface area contributed by atoms with Crippen LogP contribution in [-0.2, 0) is 4.79 Å². The number of rotatable bonds is 4. The SMILES string of the molecule is CN(c1ncnc2[nH]ccc12)[C@@H]1C[C@@H]2CN(C(=O)CC=N)C[C@@H]2C1. The molecule has 2 fully saturated rings. The second kappa shape index (κ2) is 5.89. The molecule has 2 aromatic rings. The van der Waals surface area contributed by atoms with E-state index in [2.05, 4.69) is 26.9 Å². The maximum Gasteiger partial charge on any atom is 0.227 e. The third-order valence-corrected chi connectivity index (χ3v) is 5.57. The van der Waals surface area contributed by atoms with E-state index in [1.165, 1.54) is 6.21 Å². The van der Waals surface area contributed by atoms with Gasteiger partial charge in [-0.2, -0.15) is 0 Å². The summed E-state index contributed by atoms with van der Waals surface area (Å²) in [5, 5.41) is 8.15. The zero-order valence-corrected chi connectivity index (χ0v) is 13.8. The van der Waals surface area contributed by atoms with E-state index >= 15 is 0 Å². The van der Waals surface area contributed by atoms with E-state index in [0.29, 0.717) is 17.9 Å². The van der Waals surface area contributed by atoms with Gasteiger partial charge in [0.1, 0.15) is 17.8 Å². The van der Waals surface area contributed by atoms with Crippen LogP contribution in [0.25, 0.3) is 11.0 Å². The summed E-state index contributed by atoms with van der Waals surface area (Å²) in [5.41, 5.74) is 0.869. The van der Waals surface area contributed by atoms with Crippen LogP contribution >= 0.6 is 0 Å². The van der Waals surface area contributed by atoms with Crippen LogP contribution < -0.4 is 4.90 Å². The number of carbonyl (C=O) groups is 1. The van der Waals surface area contributed by atoms with Gasteiger partial charge in [0.25, 0.3) is 0 Å². The smallest absolute Gasteiger partial charge is 0.227 e. The Hall–Kier alpha value is -2.44. The molecular weight excluding hydrogens is 304 g/mol. The van der Waals surface area contributed by atoms with Gasteiger partial charge >= 0.3 is 0 Å². The Kier molecular flexibility index (Phi) is 3.70. The van der Waals surface area contributed by atoms with Crippen molar-refractivity contribution in [3.05, 3.63) is 18.6 Å². The summed E-state index contributed by atoms with van der Waals surface area (Å²) in [6.45, 7) is 1.68. The number of hydrogen-bond acceptors (Lipinski definition) is 5. The number of nitrogens with one attached hydrogen (secondary N) is 2. The number of carbonyl (C=O) groups excluding carboxylic acids is 1. The maximum atomic E-state index is 12.0. The van der Waals surface area contributed by atoms with Gasteiger partial charge in [-0.05, 0) is 30.7 Å². The van der Waals surface area contributed by atoms with E-state index < -0.39 is 0 Å². The van der Waals surface area contributed by atoms with Crippen molar-refractivity contribution in [2.75, 3.05) is 25.0 Å². The summed E-state index contributed by atoms with van der Waals surface area (Å²) in [5.74, 6) is 2.20. The average Bonchev–Trinajstić information content (AvgIpc) is 3.27. The number of aromatic nitrogens is 3. The van der Waals surface area contributed by atoms with Crippen molar-refractivity contribution in [3.8, 4) is 0 Å². The zero-order chi connectivity index (χ0) is 16.7. The Morgan fingerprint density at radius 1 is 1.42 bits per heavy atom. The standard InChI is InChI=1S/C17H22N6O/c1-22(17-14-3-5-19-16(14)20-10-21-17)13-6-11-8-23(9-12(11)7-13)15(24)2-4-18/h3-5,10-13,18H,2,6-9H2,1H3,(H,19,20,21)/t11-,12+,13-. The van der Waals surface area contributed by atoms with E-state index in [1.807, 2.05) is 17.2 Å². The lowest BCUT2D eigenvalue weighted by Gasteiger charge is -2.27. The fraction of sp³-hybridized carbons (Fsp3) is 0.529. The van der Waals surface area contributed by atoms with Crippen LogP contribution in [0.15, 0.2) is 18.6 Å². The monoisotopic (exact) mass is 326 g/mol. The Morgan fingerprint density at radius 3 is 2.88 bits per heavy atom. The van der Waals surface area contributed by atoms with Gasteiger partial charge in [-0.15, -0.1) is 0 Å². The summed E-state index contributed by atoms with van der Waals surface area (Å²) in [6.07, 6.45) is 7.11. The molecule has 126 valence electrons. The highest BCUT2D eigenvalue weighted by Crippen LogP contribution is 2.41. The molecular formula is C17H22N6O. The van der Waals surface area contributed by atoms with Crippen LogP contribution in [0.5, 0.6) is 0 Å². The predicted octanol–water partition coefficient (Wildman–Crippen LogP) is 1.67. The second-order valence-corrected chi connectivity index (χ2v) is 6.90. The molecule has 4 rings (SSSR count). The molecule has 1 saturated heterocycles. The third-order valence-electron chi connectivity index (χ3n) is 5.57. The zero-order valence-electron chi connectivity index (χ0n) is 13.8. The van der Waals surface area contributed by atoms with Gasteiger partial charge in [0.2, 0.25) is 5.91 Å². The van der Waals surface area contributed by atoms with Gasteiger partial charge in [-0.25, -0.2) is 9.97 Å². The molecule has 3 atom stereocenters. The molecule has 2 aliphatic rings. The molecule has 0 aromatic carbocycles. The minimum atomic E-state index is 0.0918. The number of likely N-dealkylation sites (tertiary alicyclic amines) is 1. The molecule has 2 N–H and O–H groups in total. The number of aromatic amines is 1. The lowest BCUT2D eigenvalue weighted by atomic mass is 10.0. The third kappa shape index (κ3) is 2.44. The summed E-state index contributed by atoms with van der Waals surface area (Å²) in [7, 11) is 2.11. The molecule has 3 heterocycles. The Bertz CT molecular complexity index is 757. The van der Waals surface area contributed by atoms with E-state index in [0.717, 1.165) is 42.8 Å². The average molecular weight is 326 g/mol. The number of amides is 1. The van der Waals surface area contributed by atoms with Gasteiger partial charge in [0.05, 0.1) is 11.8 Å². The molecule has 0 spiro atoms. The molecule has 0 radical (unpaired) electrons. The Balaban J connectivity index is 1.46. The van der Waals surface area contributed by atoms with E-state index in [4.69, 9.17) is 5.41 Å². The lowest BCUT2D eigenvalue weighted by molar-refractivity contribution is -0.129. The molecule has 1 saturated carbocycles. The van der Waals surface area contributed by atoms with E-state index in [1.54, 1.807) is 6.33 Å². The number of fused-ring (bicyclic) bond motifs is 2. The van der Waals surface area contributed by atoms with Gasteiger partial charge in [-0.1, -0.05) is 0 Å². The Labute approximate surface area is 140 Å². The fourth-order valence-electron chi connectivity index (χ4n) is 4.32. The van der Waals surface area contributed by atoms with Crippen molar-refractivity contribution in [1.82, 2.24) is 19.9 Å². The van der Waals surface area contributed by atoms with E-state index in [9.17, 15) is 4.79 Å². The largest absolute Gasteiger partial charge is 0.356 e. The normalized spacial score (nSPS) is 25.9. The highest BCUT2D eigenvalue weighted by atomic mass is 16.2. The van der Waals surface area contributed by atoms with Crippen molar-refractivity contribution in [2.24, 2.45) is 11.8 Å². The van der Waals surface area contributed by atoms with Crippen LogP contribution in [0.1, 0.15) is 19.3 Å². The van der Waals surface area contributed by atoms with E-state index in [-0.39, 0.29) is 12.3 Å². The van der Waals surface area contributed by atoms with Crippen molar-refractivity contribution in [1.29, 1.82) is 5.41 Å². The highest BCUT2D eigenvalue weighted by molar-refractivity contribution is 5.89. The quantitative estimate of drug-likeness (QED) is 0.837.